The molecule has 1 N–H and O–H groups in total. The van der Waals surface area contributed by atoms with Crippen molar-refractivity contribution in [3.63, 3.8) is 0 Å². The maximum Gasteiger partial charge on any atom is 0.119 e. The van der Waals surface area contributed by atoms with E-state index in [1.807, 2.05) is 18.2 Å². The molecule has 0 atom stereocenters. The highest BCUT2D eigenvalue weighted by Gasteiger charge is 2.04. The predicted molar refractivity (Wildman–Crippen MR) is 71.5 cm³/mol. The molecule has 0 aliphatic rings. The Hall–Kier alpha value is -1.39. The highest BCUT2D eigenvalue weighted by atomic mass is 32.1. The maximum absolute atomic E-state index is 5.21. The second kappa shape index (κ2) is 5.80. The van der Waals surface area contributed by atoms with Gasteiger partial charge in [0, 0.05) is 17.5 Å². The quantitative estimate of drug-likeness (QED) is 0.883. The van der Waals surface area contributed by atoms with Gasteiger partial charge < -0.3 is 10.1 Å². The zero-order valence-corrected chi connectivity index (χ0v) is 10.9. The minimum Gasteiger partial charge on any atom is -0.497 e. The van der Waals surface area contributed by atoms with Crippen molar-refractivity contribution in [1.29, 1.82) is 0 Å². The number of methoxy groups -OCH3 is 1. The van der Waals surface area contributed by atoms with E-state index in [9.17, 15) is 0 Å². The first-order valence-electron chi connectivity index (χ1n) is 5.63. The van der Waals surface area contributed by atoms with Crippen LogP contribution in [0.3, 0.4) is 0 Å². The standard InChI is InChI=1S/C13H16N2OS/c1-3-14-8-13-15-12(9-17-13)10-5-4-6-11(7-10)16-2/h4-7,9,14H,3,8H2,1-2H3. The van der Waals surface area contributed by atoms with Crippen LogP contribution in [0.4, 0.5) is 0 Å². The van der Waals surface area contributed by atoms with Gasteiger partial charge >= 0.3 is 0 Å². The van der Waals surface area contributed by atoms with Gasteiger partial charge in [0.2, 0.25) is 0 Å². The van der Waals surface area contributed by atoms with Crippen LogP contribution in [0.25, 0.3) is 11.3 Å². The lowest BCUT2D eigenvalue weighted by molar-refractivity contribution is 0.415. The highest BCUT2D eigenvalue weighted by molar-refractivity contribution is 7.09. The summed E-state index contributed by atoms with van der Waals surface area (Å²) >= 11 is 1.68. The van der Waals surface area contributed by atoms with E-state index in [0.29, 0.717) is 0 Å². The van der Waals surface area contributed by atoms with E-state index in [2.05, 4.69) is 28.7 Å². The molecular weight excluding hydrogens is 232 g/mol. The molecule has 0 bridgehead atoms. The first-order valence-corrected chi connectivity index (χ1v) is 6.51. The van der Waals surface area contributed by atoms with Gasteiger partial charge in [0.05, 0.1) is 12.8 Å². The van der Waals surface area contributed by atoms with Crippen molar-refractivity contribution < 1.29 is 4.74 Å². The van der Waals surface area contributed by atoms with E-state index in [-0.39, 0.29) is 0 Å². The Labute approximate surface area is 105 Å². The molecule has 0 fully saturated rings. The fraction of sp³-hybridized carbons (Fsp3) is 0.308. The molecule has 0 saturated heterocycles. The summed E-state index contributed by atoms with van der Waals surface area (Å²) in [4.78, 5) is 4.59. The fourth-order valence-corrected chi connectivity index (χ4v) is 2.31. The van der Waals surface area contributed by atoms with Gasteiger partial charge in [-0.15, -0.1) is 11.3 Å². The number of nitrogens with one attached hydrogen (secondary N) is 1. The van der Waals surface area contributed by atoms with Crippen molar-refractivity contribution in [3.8, 4) is 17.0 Å². The van der Waals surface area contributed by atoms with Gasteiger partial charge in [0.1, 0.15) is 10.8 Å². The summed E-state index contributed by atoms with van der Waals surface area (Å²) in [7, 11) is 1.68. The van der Waals surface area contributed by atoms with Crippen molar-refractivity contribution in [1.82, 2.24) is 10.3 Å². The summed E-state index contributed by atoms with van der Waals surface area (Å²) in [6.45, 7) is 3.90. The second-order valence-corrected chi connectivity index (χ2v) is 4.58. The summed E-state index contributed by atoms with van der Waals surface area (Å²) in [5, 5.41) is 6.48. The largest absolute Gasteiger partial charge is 0.497 e. The normalized spacial score (nSPS) is 10.5. The summed E-state index contributed by atoms with van der Waals surface area (Å²) in [5.74, 6) is 0.865. The monoisotopic (exact) mass is 248 g/mol. The molecule has 90 valence electrons. The first kappa shape index (κ1) is 12.1. The van der Waals surface area contributed by atoms with Gasteiger partial charge in [-0.1, -0.05) is 19.1 Å². The van der Waals surface area contributed by atoms with E-state index in [4.69, 9.17) is 4.74 Å². The molecule has 0 aliphatic heterocycles. The number of aromatic nitrogens is 1. The van der Waals surface area contributed by atoms with E-state index < -0.39 is 0 Å². The molecular formula is C13H16N2OS. The van der Waals surface area contributed by atoms with Gasteiger partial charge in [0.25, 0.3) is 0 Å². The van der Waals surface area contributed by atoms with Gasteiger partial charge in [-0.05, 0) is 18.7 Å². The molecule has 0 aliphatic carbocycles. The van der Waals surface area contributed by atoms with Gasteiger partial charge in [-0.3, -0.25) is 0 Å². The predicted octanol–water partition coefficient (Wildman–Crippen LogP) is 2.93. The molecule has 17 heavy (non-hydrogen) atoms. The lowest BCUT2D eigenvalue weighted by Gasteiger charge is -2.01. The van der Waals surface area contributed by atoms with Crippen LogP contribution in [0.1, 0.15) is 11.9 Å². The smallest absolute Gasteiger partial charge is 0.119 e. The van der Waals surface area contributed by atoms with Crippen molar-refractivity contribution in [2.24, 2.45) is 0 Å². The summed E-state index contributed by atoms with van der Waals surface area (Å²) in [5.41, 5.74) is 2.12. The Kier molecular flexibility index (Phi) is 4.12. The van der Waals surface area contributed by atoms with Crippen LogP contribution in [-0.2, 0) is 6.54 Å². The Morgan fingerprint density at radius 2 is 2.29 bits per heavy atom. The molecule has 0 amide bonds. The minimum absolute atomic E-state index is 0.838. The van der Waals surface area contributed by atoms with Crippen molar-refractivity contribution in [2.75, 3.05) is 13.7 Å². The third-order valence-electron chi connectivity index (χ3n) is 2.44. The number of ether oxygens (including phenoxy) is 1. The van der Waals surface area contributed by atoms with Gasteiger partial charge in [0.15, 0.2) is 0 Å². The molecule has 2 aromatic rings. The minimum atomic E-state index is 0.838. The zero-order chi connectivity index (χ0) is 12.1. The molecule has 1 aromatic carbocycles. The van der Waals surface area contributed by atoms with Crippen LogP contribution in [0.15, 0.2) is 29.6 Å². The molecule has 0 radical (unpaired) electrons. The van der Waals surface area contributed by atoms with Crippen LogP contribution in [-0.4, -0.2) is 18.6 Å². The maximum atomic E-state index is 5.21. The van der Waals surface area contributed by atoms with E-state index in [1.165, 1.54) is 0 Å². The Bertz CT molecular complexity index is 482. The number of nitrogens with zero attached hydrogens (tertiary/aromatic N) is 1. The Morgan fingerprint density at radius 1 is 1.41 bits per heavy atom. The molecule has 0 saturated carbocycles. The molecule has 0 spiro atoms. The molecule has 1 heterocycles. The van der Waals surface area contributed by atoms with Crippen molar-refractivity contribution in [2.45, 2.75) is 13.5 Å². The number of hydrogen-bond donors (Lipinski definition) is 1. The average molecular weight is 248 g/mol. The lowest BCUT2D eigenvalue weighted by atomic mass is 10.2. The van der Waals surface area contributed by atoms with Crippen LogP contribution < -0.4 is 10.1 Å². The third-order valence-corrected chi connectivity index (χ3v) is 3.29. The first-order chi connectivity index (χ1) is 8.33. The number of benzene rings is 1. The van der Waals surface area contributed by atoms with Gasteiger partial charge in [-0.25, -0.2) is 4.98 Å². The molecule has 2 rings (SSSR count). The number of rotatable bonds is 5. The van der Waals surface area contributed by atoms with Crippen LogP contribution in [0, 0.1) is 0 Å². The molecule has 1 aromatic heterocycles. The van der Waals surface area contributed by atoms with Crippen LogP contribution >= 0.6 is 11.3 Å². The lowest BCUT2D eigenvalue weighted by Crippen LogP contribution is -2.11. The molecule has 3 nitrogen and oxygen atoms in total. The Balaban J connectivity index is 2.18. The summed E-state index contributed by atoms with van der Waals surface area (Å²) < 4.78 is 5.21. The Morgan fingerprint density at radius 3 is 3.06 bits per heavy atom. The number of hydrogen-bond acceptors (Lipinski definition) is 4. The van der Waals surface area contributed by atoms with Crippen LogP contribution in [0.2, 0.25) is 0 Å². The average Bonchev–Trinajstić information content (AvgIpc) is 2.85. The van der Waals surface area contributed by atoms with E-state index in [1.54, 1.807) is 18.4 Å². The van der Waals surface area contributed by atoms with Gasteiger partial charge in [-0.2, -0.15) is 0 Å². The SMILES string of the molecule is CCNCc1nc(-c2cccc(OC)c2)cs1. The third kappa shape index (κ3) is 3.05. The topological polar surface area (TPSA) is 34.2 Å². The second-order valence-electron chi connectivity index (χ2n) is 3.64. The zero-order valence-electron chi connectivity index (χ0n) is 10.1. The summed E-state index contributed by atoms with van der Waals surface area (Å²) in [6.07, 6.45) is 0. The molecule has 0 unspecified atom stereocenters. The van der Waals surface area contributed by atoms with E-state index in [0.717, 1.165) is 35.1 Å². The van der Waals surface area contributed by atoms with E-state index >= 15 is 0 Å². The molecule has 4 heteroatoms. The fourth-order valence-electron chi connectivity index (χ4n) is 1.54. The highest BCUT2D eigenvalue weighted by Crippen LogP contribution is 2.25. The number of thiazole rings is 1. The van der Waals surface area contributed by atoms with Crippen molar-refractivity contribution in [3.05, 3.63) is 34.7 Å². The van der Waals surface area contributed by atoms with Crippen LogP contribution in [0.5, 0.6) is 5.75 Å². The summed E-state index contributed by atoms with van der Waals surface area (Å²) in [6, 6.07) is 7.98. The van der Waals surface area contributed by atoms with Crippen molar-refractivity contribution >= 4 is 11.3 Å².